The summed E-state index contributed by atoms with van der Waals surface area (Å²) in [6, 6.07) is 2.33. The summed E-state index contributed by atoms with van der Waals surface area (Å²) in [5.74, 6) is -0.657. The van der Waals surface area contributed by atoms with E-state index in [1.54, 1.807) is 25.6 Å². The second kappa shape index (κ2) is 5.03. The van der Waals surface area contributed by atoms with Gasteiger partial charge in [0, 0.05) is 18.3 Å². The number of aromatic nitrogens is 2. The maximum atomic E-state index is 13.7. The van der Waals surface area contributed by atoms with Crippen LogP contribution >= 0.6 is 0 Å². The monoisotopic (exact) mass is 312 g/mol. The van der Waals surface area contributed by atoms with Gasteiger partial charge in [-0.05, 0) is 32.9 Å². The van der Waals surface area contributed by atoms with E-state index in [1.807, 2.05) is 0 Å². The molecule has 1 aromatic heterocycles. The van der Waals surface area contributed by atoms with Gasteiger partial charge in [0.15, 0.2) is 0 Å². The zero-order valence-electron chi connectivity index (χ0n) is 12.2. The third-order valence-corrected chi connectivity index (χ3v) is 4.83. The van der Waals surface area contributed by atoms with Crippen LogP contribution in [0.3, 0.4) is 0 Å². The lowest BCUT2D eigenvalue weighted by molar-refractivity contribution is 0.591. The van der Waals surface area contributed by atoms with Crippen molar-refractivity contribution >= 4 is 21.4 Å². The Balaban J connectivity index is 2.54. The fourth-order valence-electron chi connectivity index (χ4n) is 2.06. The number of nitrogen functional groups attached to an aromatic ring is 1. The fourth-order valence-corrected chi connectivity index (χ4v) is 3.53. The van der Waals surface area contributed by atoms with Gasteiger partial charge in [-0.1, -0.05) is 0 Å². The molecule has 2 aromatic rings. The summed E-state index contributed by atoms with van der Waals surface area (Å²) in [4.78, 5) is -0.178. The SMILES string of the molecule is Cc1nn(C)c(C)c1NS(=O)(=O)c1cc(N)cc(F)c1C. The summed E-state index contributed by atoms with van der Waals surface area (Å²) in [5.41, 5.74) is 7.21. The molecule has 0 radical (unpaired) electrons. The number of benzene rings is 1. The summed E-state index contributed by atoms with van der Waals surface area (Å²) in [6.07, 6.45) is 0. The number of hydrogen-bond donors (Lipinski definition) is 2. The molecule has 0 amide bonds. The second-order valence-corrected chi connectivity index (χ2v) is 6.55. The number of hydrogen-bond acceptors (Lipinski definition) is 4. The van der Waals surface area contributed by atoms with Crippen molar-refractivity contribution in [3.8, 4) is 0 Å². The molecule has 6 nitrogen and oxygen atoms in total. The van der Waals surface area contributed by atoms with Gasteiger partial charge in [0.05, 0.1) is 22.0 Å². The van der Waals surface area contributed by atoms with E-state index in [2.05, 4.69) is 9.82 Å². The Labute approximate surface area is 122 Å². The highest BCUT2D eigenvalue weighted by molar-refractivity contribution is 7.92. The molecular weight excluding hydrogens is 295 g/mol. The zero-order chi connectivity index (χ0) is 15.9. The van der Waals surface area contributed by atoms with E-state index in [1.165, 1.54) is 13.0 Å². The van der Waals surface area contributed by atoms with E-state index in [0.717, 1.165) is 6.07 Å². The van der Waals surface area contributed by atoms with Crippen LogP contribution in [-0.2, 0) is 17.1 Å². The van der Waals surface area contributed by atoms with Crippen LogP contribution in [-0.4, -0.2) is 18.2 Å². The Bertz CT molecular complexity index is 812. The van der Waals surface area contributed by atoms with Crippen molar-refractivity contribution in [1.82, 2.24) is 9.78 Å². The first kappa shape index (κ1) is 15.3. The third-order valence-electron chi connectivity index (χ3n) is 3.35. The molecule has 0 saturated carbocycles. The van der Waals surface area contributed by atoms with E-state index in [-0.39, 0.29) is 16.1 Å². The van der Waals surface area contributed by atoms with Crippen LogP contribution in [0.4, 0.5) is 15.8 Å². The second-order valence-electron chi connectivity index (χ2n) is 4.90. The van der Waals surface area contributed by atoms with E-state index >= 15 is 0 Å². The van der Waals surface area contributed by atoms with Gasteiger partial charge in [-0.2, -0.15) is 5.10 Å². The zero-order valence-corrected chi connectivity index (χ0v) is 13.0. The van der Waals surface area contributed by atoms with Gasteiger partial charge >= 0.3 is 0 Å². The van der Waals surface area contributed by atoms with E-state index in [0.29, 0.717) is 17.1 Å². The molecular formula is C13H17FN4O2S. The Morgan fingerprint density at radius 2 is 1.90 bits per heavy atom. The van der Waals surface area contributed by atoms with Crippen molar-refractivity contribution in [3.05, 3.63) is 34.9 Å². The molecule has 0 saturated heterocycles. The number of anilines is 2. The Hall–Kier alpha value is -2.09. The van der Waals surface area contributed by atoms with Gasteiger partial charge in [-0.15, -0.1) is 0 Å². The van der Waals surface area contributed by atoms with Crippen LogP contribution in [0, 0.1) is 26.6 Å². The van der Waals surface area contributed by atoms with E-state index < -0.39 is 15.8 Å². The first-order valence-corrected chi connectivity index (χ1v) is 7.70. The van der Waals surface area contributed by atoms with Crippen molar-refractivity contribution in [2.45, 2.75) is 25.7 Å². The number of aryl methyl sites for hydroxylation is 2. The van der Waals surface area contributed by atoms with Crippen molar-refractivity contribution < 1.29 is 12.8 Å². The predicted octanol–water partition coefficient (Wildman–Crippen LogP) is 1.87. The molecule has 114 valence electrons. The smallest absolute Gasteiger partial charge is 0.262 e. The fraction of sp³-hybridized carbons (Fsp3) is 0.308. The molecule has 0 spiro atoms. The molecule has 0 unspecified atom stereocenters. The summed E-state index contributed by atoms with van der Waals surface area (Å²) in [6.45, 7) is 4.83. The quantitative estimate of drug-likeness (QED) is 0.847. The maximum Gasteiger partial charge on any atom is 0.262 e. The van der Waals surface area contributed by atoms with Crippen LogP contribution in [0.5, 0.6) is 0 Å². The standard InChI is InChI=1S/C13H17FN4O2S/c1-7-11(14)5-10(15)6-12(7)21(19,20)17-13-8(2)16-18(4)9(13)3/h5-6,17H,15H2,1-4H3. The lowest BCUT2D eigenvalue weighted by Gasteiger charge is -2.12. The first-order chi connectivity index (χ1) is 9.63. The molecule has 0 aliphatic heterocycles. The molecule has 0 fully saturated rings. The number of nitrogens with two attached hydrogens (primary N) is 1. The highest BCUT2D eigenvalue weighted by Crippen LogP contribution is 2.26. The van der Waals surface area contributed by atoms with Gasteiger partial charge in [-0.25, -0.2) is 12.8 Å². The molecule has 0 aliphatic carbocycles. The van der Waals surface area contributed by atoms with Gasteiger partial charge in [-0.3, -0.25) is 9.40 Å². The van der Waals surface area contributed by atoms with Crippen molar-refractivity contribution in [1.29, 1.82) is 0 Å². The summed E-state index contributed by atoms with van der Waals surface area (Å²) >= 11 is 0. The average molecular weight is 312 g/mol. The molecule has 2 rings (SSSR count). The maximum absolute atomic E-state index is 13.7. The number of rotatable bonds is 3. The number of sulfonamides is 1. The summed E-state index contributed by atoms with van der Waals surface area (Å²) in [5, 5.41) is 4.14. The lowest BCUT2D eigenvalue weighted by atomic mass is 10.2. The molecule has 8 heteroatoms. The molecule has 1 aromatic carbocycles. The molecule has 21 heavy (non-hydrogen) atoms. The largest absolute Gasteiger partial charge is 0.399 e. The topological polar surface area (TPSA) is 90.0 Å². The van der Waals surface area contributed by atoms with Crippen molar-refractivity contribution in [2.75, 3.05) is 10.5 Å². The molecule has 0 aliphatic rings. The lowest BCUT2D eigenvalue weighted by Crippen LogP contribution is -2.16. The average Bonchev–Trinajstić information content (AvgIpc) is 2.60. The minimum absolute atomic E-state index is 0.0240. The van der Waals surface area contributed by atoms with Crippen LogP contribution in [0.2, 0.25) is 0 Å². The van der Waals surface area contributed by atoms with Gasteiger partial charge in [0.1, 0.15) is 5.82 Å². The van der Waals surface area contributed by atoms with Gasteiger partial charge in [0.25, 0.3) is 10.0 Å². The Morgan fingerprint density at radius 1 is 1.29 bits per heavy atom. The Morgan fingerprint density at radius 3 is 2.43 bits per heavy atom. The van der Waals surface area contributed by atoms with Crippen molar-refractivity contribution in [2.24, 2.45) is 7.05 Å². The van der Waals surface area contributed by atoms with Crippen LogP contribution in [0.1, 0.15) is 17.0 Å². The molecule has 3 N–H and O–H groups in total. The Kier molecular flexibility index (Phi) is 3.66. The van der Waals surface area contributed by atoms with Gasteiger partial charge in [0.2, 0.25) is 0 Å². The summed E-state index contributed by atoms with van der Waals surface area (Å²) < 4.78 is 42.6. The molecule has 1 heterocycles. The third kappa shape index (κ3) is 2.71. The number of nitrogens with zero attached hydrogens (tertiary/aromatic N) is 2. The molecule has 0 atom stereocenters. The van der Waals surface area contributed by atoms with Gasteiger partial charge < -0.3 is 5.73 Å². The van der Waals surface area contributed by atoms with Crippen LogP contribution in [0.25, 0.3) is 0 Å². The minimum Gasteiger partial charge on any atom is -0.399 e. The minimum atomic E-state index is -3.94. The first-order valence-electron chi connectivity index (χ1n) is 6.22. The molecule has 0 bridgehead atoms. The number of nitrogens with one attached hydrogen (secondary N) is 1. The predicted molar refractivity (Wildman–Crippen MR) is 79.0 cm³/mol. The highest BCUT2D eigenvalue weighted by Gasteiger charge is 2.23. The van der Waals surface area contributed by atoms with Crippen molar-refractivity contribution in [3.63, 3.8) is 0 Å². The highest BCUT2D eigenvalue weighted by atomic mass is 32.2. The van der Waals surface area contributed by atoms with E-state index in [4.69, 9.17) is 5.73 Å². The van der Waals surface area contributed by atoms with Crippen LogP contribution in [0.15, 0.2) is 17.0 Å². The number of halogens is 1. The van der Waals surface area contributed by atoms with E-state index in [9.17, 15) is 12.8 Å². The summed E-state index contributed by atoms with van der Waals surface area (Å²) in [7, 11) is -2.23. The normalized spacial score (nSPS) is 11.7. The van der Waals surface area contributed by atoms with Crippen LogP contribution < -0.4 is 10.5 Å².